The molecule has 4 rings (SSSR count). The van der Waals surface area contributed by atoms with Crippen LogP contribution in [-0.2, 0) is 0 Å². The lowest BCUT2D eigenvalue weighted by atomic mass is 10.2. The fraction of sp³-hybridized carbons (Fsp3) is 0.294. The van der Waals surface area contributed by atoms with Gasteiger partial charge in [-0.2, -0.15) is 4.98 Å². The Bertz CT molecular complexity index is 932. The number of nitrogens with zero attached hydrogens (tertiary/aromatic N) is 6. The summed E-state index contributed by atoms with van der Waals surface area (Å²) in [5, 5.41) is 5.01. The molecule has 1 fully saturated rings. The predicted molar refractivity (Wildman–Crippen MR) is 95.1 cm³/mol. The maximum absolute atomic E-state index is 12.7. The first-order valence-corrected chi connectivity index (χ1v) is 8.48. The van der Waals surface area contributed by atoms with Crippen molar-refractivity contribution in [1.82, 2.24) is 24.5 Å². The van der Waals surface area contributed by atoms with Gasteiger partial charge in [-0.3, -0.25) is 4.79 Å². The molecule has 0 saturated carbocycles. The van der Waals surface area contributed by atoms with Crippen LogP contribution in [0, 0.1) is 6.92 Å². The monoisotopic (exact) mass is 356 g/mol. The van der Waals surface area contributed by atoms with Crippen molar-refractivity contribution in [1.29, 1.82) is 0 Å². The fourth-order valence-electron chi connectivity index (χ4n) is 2.98. The molecule has 0 bridgehead atoms. The van der Waals surface area contributed by atoms with Crippen LogP contribution in [0.1, 0.15) is 16.3 Å². The quantitative estimate of drug-likeness (QED) is 0.703. The van der Waals surface area contributed by atoms with Crippen LogP contribution in [0.5, 0.6) is 0 Å². The number of rotatable bonds is 2. The zero-order valence-electron chi connectivity index (χ0n) is 13.8. The van der Waals surface area contributed by atoms with Crippen molar-refractivity contribution in [3.63, 3.8) is 0 Å². The molecule has 0 atom stereocenters. The Morgan fingerprint density at radius 3 is 2.68 bits per heavy atom. The smallest absolute Gasteiger partial charge is 0.293 e. The average molecular weight is 357 g/mol. The second-order valence-corrected chi connectivity index (χ2v) is 6.43. The predicted octanol–water partition coefficient (Wildman–Crippen LogP) is 2.05. The van der Waals surface area contributed by atoms with E-state index in [4.69, 9.17) is 11.6 Å². The minimum absolute atomic E-state index is 0.157. The molecule has 0 aliphatic carbocycles. The number of carbonyl (C=O) groups is 1. The van der Waals surface area contributed by atoms with E-state index in [1.165, 1.54) is 0 Å². The molecule has 1 aliphatic rings. The van der Waals surface area contributed by atoms with Gasteiger partial charge in [-0.05, 0) is 31.2 Å². The molecule has 0 spiro atoms. The molecule has 25 heavy (non-hydrogen) atoms. The number of halogens is 1. The second kappa shape index (κ2) is 6.33. The number of carbonyl (C=O) groups excluding carboxylic acids is 1. The Kier molecular flexibility index (Phi) is 4.01. The Morgan fingerprint density at radius 1 is 1.16 bits per heavy atom. The normalized spacial score (nSPS) is 15.0. The van der Waals surface area contributed by atoms with Crippen molar-refractivity contribution in [2.24, 2.45) is 0 Å². The number of benzene rings is 1. The molecule has 0 radical (unpaired) electrons. The largest absolute Gasteiger partial charge is 0.368 e. The van der Waals surface area contributed by atoms with E-state index in [-0.39, 0.29) is 11.7 Å². The number of anilines is 1. The summed E-state index contributed by atoms with van der Waals surface area (Å²) in [5.41, 5.74) is 1.97. The fourth-order valence-corrected chi connectivity index (χ4v) is 3.16. The number of aromatic nitrogens is 4. The Balaban J connectivity index is 1.48. The maximum Gasteiger partial charge on any atom is 0.293 e. The molecular weight excluding hydrogens is 340 g/mol. The van der Waals surface area contributed by atoms with E-state index in [9.17, 15) is 4.79 Å². The van der Waals surface area contributed by atoms with Gasteiger partial charge >= 0.3 is 0 Å². The first-order valence-electron chi connectivity index (χ1n) is 8.10. The van der Waals surface area contributed by atoms with E-state index in [2.05, 4.69) is 20.0 Å². The third-order valence-corrected chi connectivity index (χ3v) is 4.60. The third-order valence-electron chi connectivity index (χ3n) is 4.36. The number of hydrogen-bond acceptors (Lipinski definition) is 5. The Labute approximate surface area is 149 Å². The topological polar surface area (TPSA) is 66.6 Å². The molecule has 3 heterocycles. The summed E-state index contributed by atoms with van der Waals surface area (Å²) >= 11 is 6.06. The molecule has 3 aromatic rings. The number of hydrogen-bond donors (Lipinski definition) is 0. The molecule has 0 unspecified atom stereocenters. The van der Waals surface area contributed by atoms with Crippen LogP contribution in [0.25, 0.3) is 5.78 Å². The van der Waals surface area contributed by atoms with Crippen molar-refractivity contribution >= 4 is 29.0 Å². The lowest BCUT2D eigenvalue weighted by Gasteiger charge is -2.35. The molecular formula is C17H17ClN6O. The van der Waals surface area contributed by atoms with Crippen molar-refractivity contribution < 1.29 is 4.79 Å². The zero-order chi connectivity index (χ0) is 17.4. The van der Waals surface area contributed by atoms with E-state index in [1.807, 2.05) is 37.3 Å². The van der Waals surface area contributed by atoms with Crippen LogP contribution in [0.3, 0.4) is 0 Å². The molecule has 1 aromatic carbocycles. The summed E-state index contributed by atoms with van der Waals surface area (Å²) in [5.74, 6) is 0.481. The van der Waals surface area contributed by atoms with Gasteiger partial charge < -0.3 is 9.80 Å². The summed E-state index contributed by atoms with van der Waals surface area (Å²) < 4.78 is 1.59. The van der Waals surface area contributed by atoms with Crippen LogP contribution in [-0.4, -0.2) is 56.6 Å². The number of amides is 1. The van der Waals surface area contributed by atoms with Gasteiger partial charge in [-0.1, -0.05) is 17.7 Å². The standard InChI is InChI=1S/C17H17ClN6O/c1-12-5-6-19-17-20-15(21-24(12)17)16(25)23-9-7-22(8-10-23)14-4-2-3-13(18)11-14/h2-6,11H,7-10H2,1H3. The van der Waals surface area contributed by atoms with Gasteiger partial charge in [0.05, 0.1) is 0 Å². The number of piperazine rings is 1. The minimum Gasteiger partial charge on any atom is -0.368 e. The summed E-state index contributed by atoms with van der Waals surface area (Å²) in [6.07, 6.45) is 1.66. The van der Waals surface area contributed by atoms with Crippen molar-refractivity contribution in [3.8, 4) is 0 Å². The highest BCUT2D eigenvalue weighted by Gasteiger charge is 2.25. The zero-order valence-corrected chi connectivity index (χ0v) is 14.5. The van der Waals surface area contributed by atoms with Crippen molar-refractivity contribution in [2.45, 2.75) is 6.92 Å². The minimum atomic E-state index is -0.157. The van der Waals surface area contributed by atoms with E-state index in [0.29, 0.717) is 23.9 Å². The highest BCUT2D eigenvalue weighted by molar-refractivity contribution is 6.30. The molecule has 1 aliphatic heterocycles. The first kappa shape index (κ1) is 15.8. The average Bonchev–Trinajstić information content (AvgIpc) is 3.07. The molecule has 0 N–H and O–H groups in total. The molecule has 128 valence electrons. The van der Waals surface area contributed by atoms with E-state index in [0.717, 1.165) is 24.5 Å². The second-order valence-electron chi connectivity index (χ2n) is 5.99. The van der Waals surface area contributed by atoms with E-state index >= 15 is 0 Å². The molecule has 2 aromatic heterocycles. The van der Waals surface area contributed by atoms with Gasteiger partial charge in [0.15, 0.2) is 0 Å². The van der Waals surface area contributed by atoms with Crippen LogP contribution in [0.15, 0.2) is 36.5 Å². The lowest BCUT2D eigenvalue weighted by molar-refractivity contribution is 0.0734. The van der Waals surface area contributed by atoms with Gasteiger partial charge in [0.25, 0.3) is 11.7 Å². The SMILES string of the molecule is Cc1ccnc2nc(C(=O)N3CCN(c4cccc(Cl)c4)CC3)nn12. The van der Waals surface area contributed by atoms with Crippen molar-refractivity contribution in [3.05, 3.63) is 53.1 Å². The van der Waals surface area contributed by atoms with Gasteiger partial charge in [-0.25, -0.2) is 9.50 Å². The van der Waals surface area contributed by atoms with E-state index in [1.54, 1.807) is 15.6 Å². The van der Waals surface area contributed by atoms with E-state index < -0.39 is 0 Å². The van der Waals surface area contributed by atoms with Crippen LogP contribution in [0.2, 0.25) is 5.02 Å². The highest BCUT2D eigenvalue weighted by atomic mass is 35.5. The molecule has 1 saturated heterocycles. The molecule has 8 heteroatoms. The van der Waals surface area contributed by atoms with Crippen molar-refractivity contribution in [2.75, 3.05) is 31.1 Å². The Morgan fingerprint density at radius 2 is 1.96 bits per heavy atom. The number of fused-ring (bicyclic) bond motifs is 1. The Hall–Kier alpha value is -2.67. The highest BCUT2D eigenvalue weighted by Crippen LogP contribution is 2.21. The first-order chi connectivity index (χ1) is 12.1. The van der Waals surface area contributed by atoms with Gasteiger partial charge in [0.1, 0.15) is 0 Å². The third kappa shape index (κ3) is 3.02. The van der Waals surface area contributed by atoms with Crippen LogP contribution in [0.4, 0.5) is 5.69 Å². The molecule has 7 nitrogen and oxygen atoms in total. The summed E-state index contributed by atoms with van der Waals surface area (Å²) in [6, 6.07) is 9.60. The summed E-state index contributed by atoms with van der Waals surface area (Å²) in [6.45, 7) is 4.63. The van der Waals surface area contributed by atoms with Gasteiger partial charge in [0.2, 0.25) is 5.82 Å². The lowest BCUT2D eigenvalue weighted by Crippen LogP contribution is -2.49. The van der Waals surface area contributed by atoms with Gasteiger partial charge in [0, 0.05) is 48.8 Å². The maximum atomic E-state index is 12.7. The molecule has 1 amide bonds. The number of aryl methyl sites for hydroxylation is 1. The summed E-state index contributed by atoms with van der Waals surface area (Å²) in [7, 11) is 0. The summed E-state index contributed by atoms with van der Waals surface area (Å²) in [4.78, 5) is 25.1. The van der Waals surface area contributed by atoms with Crippen LogP contribution < -0.4 is 4.90 Å². The van der Waals surface area contributed by atoms with Crippen LogP contribution >= 0.6 is 11.6 Å². The van der Waals surface area contributed by atoms with Gasteiger partial charge in [-0.15, -0.1) is 5.10 Å².